The zero-order chi connectivity index (χ0) is 11.3. The molecule has 1 heterocycles. The largest absolute Gasteiger partial charge is 0.378 e. The molecular weight excluding hydrogens is 192 g/mol. The second-order valence-electron chi connectivity index (χ2n) is 4.54. The molecule has 0 radical (unpaired) electrons. The van der Waals surface area contributed by atoms with Crippen molar-refractivity contribution in [2.45, 2.75) is 58.2 Å². The molecule has 1 rings (SSSR count). The number of hydrogen-bond donors (Lipinski definition) is 0. The van der Waals surface area contributed by atoms with Gasteiger partial charge in [-0.15, -0.1) is 0 Å². The molecular formula is C12H22O3. The normalized spacial score (nSPS) is 21.9. The Morgan fingerprint density at radius 1 is 1.53 bits per heavy atom. The van der Waals surface area contributed by atoms with Crippen molar-refractivity contribution >= 4 is 5.78 Å². The third-order valence-electron chi connectivity index (χ3n) is 2.89. The van der Waals surface area contributed by atoms with Gasteiger partial charge in [0.1, 0.15) is 5.60 Å². The fraction of sp³-hybridized carbons (Fsp3) is 0.917. The molecule has 0 amide bonds. The molecule has 1 aliphatic rings. The summed E-state index contributed by atoms with van der Waals surface area (Å²) in [6, 6.07) is 0. The first-order chi connectivity index (χ1) is 7.06. The molecule has 0 aromatic rings. The summed E-state index contributed by atoms with van der Waals surface area (Å²) in [6.45, 7) is 7.03. The number of Topliss-reactive ketones (excluding diaryl/α,β-unsaturated/α-hetero) is 1. The van der Waals surface area contributed by atoms with Crippen LogP contribution in [-0.4, -0.2) is 30.7 Å². The number of hydrogen-bond acceptors (Lipinski definition) is 3. The van der Waals surface area contributed by atoms with E-state index < -0.39 is 5.60 Å². The monoisotopic (exact) mass is 214 g/mol. The van der Waals surface area contributed by atoms with E-state index >= 15 is 0 Å². The Labute approximate surface area is 92.1 Å². The van der Waals surface area contributed by atoms with Gasteiger partial charge in [-0.1, -0.05) is 0 Å². The minimum absolute atomic E-state index is 0.180. The summed E-state index contributed by atoms with van der Waals surface area (Å²) in [7, 11) is 0. The van der Waals surface area contributed by atoms with E-state index in [1.807, 2.05) is 20.8 Å². The third-order valence-corrected chi connectivity index (χ3v) is 2.89. The van der Waals surface area contributed by atoms with Gasteiger partial charge in [0, 0.05) is 19.6 Å². The predicted octanol–water partition coefficient (Wildman–Crippen LogP) is 2.33. The molecule has 3 heteroatoms. The first-order valence-electron chi connectivity index (χ1n) is 5.85. The van der Waals surface area contributed by atoms with Crippen molar-refractivity contribution in [3.05, 3.63) is 0 Å². The lowest BCUT2D eigenvalue weighted by Crippen LogP contribution is -2.35. The van der Waals surface area contributed by atoms with Crippen molar-refractivity contribution in [2.24, 2.45) is 0 Å². The number of carbonyl (C=O) groups excluding carboxylic acids is 1. The summed E-state index contributed by atoms with van der Waals surface area (Å²) < 4.78 is 10.9. The summed E-state index contributed by atoms with van der Waals surface area (Å²) in [4.78, 5) is 11.8. The average Bonchev–Trinajstić information content (AvgIpc) is 2.66. The Kier molecular flexibility index (Phi) is 4.74. The van der Waals surface area contributed by atoms with Crippen LogP contribution in [0, 0.1) is 0 Å². The van der Waals surface area contributed by atoms with Crippen LogP contribution in [0.3, 0.4) is 0 Å². The second-order valence-corrected chi connectivity index (χ2v) is 4.54. The SMILES string of the molecule is CCOC(C)(C)C(=O)CCC1CCCO1. The lowest BCUT2D eigenvalue weighted by Gasteiger charge is -2.23. The van der Waals surface area contributed by atoms with Crippen LogP contribution in [-0.2, 0) is 14.3 Å². The van der Waals surface area contributed by atoms with E-state index in [2.05, 4.69) is 0 Å². The molecule has 15 heavy (non-hydrogen) atoms. The molecule has 0 aromatic heterocycles. The highest BCUT2D eigenvalue weighted by molar-refractivity contribution is 5.86. The topological polar surface area (TPSA) is 35.5 Å². The van der Waals surface area contributed by atoms with Crippen molar-refractivity contribution in [1.82, 2.24) is 0 Å². The van der Waals surface area contributed by atoms with Crippen LogP contribution in [0.25, 0.3) is 0 Å². The highest BCUT2D eigenvalue weighted by atomic mass is 16.5. The van der Waals surface area contributed by atoms with Gasteiger partial charge in [0.05, 0.1) is 6.10 Å². The zero-order valence-corrected chi connectivity index (χ0v) is 10.0. The highest BCUT2D eigenvalue weighted by Crippen LogP contribution is 2.20. The summed E-state index contributed by atoms with van der Waals surface area (Å²) >= 11 is 0. The van der Waals surface area contributed by atoms with Gasteiger partial charge in [0.15, 0.2) is 5.78 Å². The van der Waals surface area contributed by atoms with E-state index in [1.54, 1.807) is 0 Å². The van der Waals surface area contributed by atoms with Crippen LogP contribution in [0.1, 0.15) is 46.5 Å². The number of ether oxygens (including phenoxy) is 2. The fourth-order valence-corrected chi connectivity index (χ4v) is 1.91. The van der Waals surface area contributed by atoms with Gasteiger partial charge in [-0.3, -0.25) is 4.79 Å². The minimum Gasteiger partial charge on any atom is -0.378 e. The van der Waals surface area contributed by atoms with E-state index in [9.17, 15) is 4.79 Å². The predicted molar refractivity (Wildman–Crippen MR) is 58.9 cm³/mol. The van der Waals surface area contributed by atoms with E-state index in [0.29, 0.717) is 19.1 Å². The molecule has 1 saturated heterocycles. The van der Waals surface area contributed by atoms with Gasteiger partial charge < -0.3 is 9.47 Å². The molecule has 1 unspecified atom stereocenters. The van der Waals surface area contributed by atoms with Gasteiger partial charge in [-0.05, 0) is 40.0 Å². The Morgan fingerprint density at radius 2 is 2.27 bits per heavy atom. The quantitative estimate of drug-likeness (QED) is 0.680. The Morgan fingerprint density at radius 3 is 2.80 bits per heavy atom. The maximum absolute atomic E-state index is 11.8. The van der Waals surface area contributed by atoms with Crippen LogP contribution < -0.4 is 0 Å². The summed E-state index contributed by atoms with van der Waals surface area (Å²) in [5, 5.41) is 0. The molecule has 0 aliphatic carbocycles. The lowest BCUT2D eigenvalue weighted by molar-refractivity contribution is -0.140. The van der Waals surface area contributed by atoms with Crippen LogP contribution in [0.15, 0.2) is 0 Å². The third kappa shape index (κ3) is 3.92. The fourth-order valence-electron chi connectivity index (χ4n) is 1.91. The van der Waals surface area contributed by atoms with Gasteiger partial charge in [-0.25, -0.2) is 0 Å². The molecule has 1 fully saturated rings. The Balaban J connectivity index is 2.27. The molecule has 3 nitrogen and oxygen atoms in total. The Bertz CT molecular complexity index is 205. The number of rotatable bonds is 6. The maximum atomic E-state index is 11.8. The van der Waals surface area contributed by atoms with E-state index in [1.165, 1.54) is 0 Å². The molecule has 1 atom stereocenters. The maximum Gasteiger partial charge on any atom is 0.164 e. The minimum atomic E-state index is -0.632. The molecule has 0 saturated carbocycles. The molecule has 88 valence electrons. The smallest absolute Gasteiger partial charge is 0.164 e. The Hall–Kier alpha value is -0.410. The van der Waals surface area contributed by atoms with Crippen molar-refractivity contribution < 1.29 is 14.3 Å². The van der Waals surface area contributed by atoms with Crippen LogP contribution in [0.5, 0.6) is 0 Å². The van der Waals surface area contributed by atoms with Gasteiger partial charge >= 0.3 is 0 Å². The summed E-state index contributed by atoms with van der Waals surface area (Å²) in [5.41, 5.74) is -0.632. The van der Waals surface area contributed by atoms with E-state index in [0.717, 1.165) is 25.9 Å². The number of carbonyl (C=O) groups is 1. The molecule has 0 aromatic carbocycles. The molecule has 1 aliphatic heterocycles. The van der Waals surface area contributed by atoms with E-state index in [-0.39, 0.29) is 5.78 Å². The van der Waals surface area contributed by atoms with E-state index in [4.69, 9.17) is 9.47 Å². The standard InChI is InChI=1S/C12H22O3/c1-4-15-12(2,3)11(13)8-7-10-6-5-9-14-10/h10H,4-9H2,1-3H3. The average molecular weight is 214 g/mol. The summed E-state index contributed by atoms with van der Waals surface area (Å²) in [5.74, 6) is 0.180. The molecule has 0 bridgehead atoms. The first-order valence-corrected chi connectivity index (χ1v) is 5.85. The van der Waals surface area contributed by atoms with Crippen molar-refractivity contribution in [2.75, 3.05) is 13.2 Å². The van der Waals surface area contributed by atoms with Crippen LogP contribution in [0.4, 0.5) is 0 Å². The highest BCUT2D eigenvalue weighted by Gasteiger charge is 2.28. The molecule has 0 N–H and O–H groups in total. The summed E-state index contributed by atoms with van der Waals surface area (Å²) in [6.07, 6.45) is 3.94. The van der Waals surface area contributed by atoms with Crippen molar-refractivity contribution in [3.8, 4) is 0 Å². The van der Waals surface area contributed by atoms with Gasteiger partial charge in [0.2, 0.25) is 0 Å². The number of ketones is 1. The first kappa shape index (κ1) is 12.7. The van der Waals surface area contributed by atoms with Gasteiger partial charge in [-0.2, -0.15) is 0 Å². The second kappa shape index (κ2) is 5.61. The van der Waals surface area contributed by atoms with Crippen molar-refractivity contribution in [3.63, 3.8) is 0 Å². The zero-order valence-electron chi connectivity index (χ0n) is 10.0. The molecule has 0 spiro atoms. The lowest BCUT2D eigenvalue weighted by atomic mass is 9.97. The van der Waals surface area contributed by atoms with Crippen molar-refractivity contribution in [1.29, 1.82) is 0 Å². The van der Waals surface area contributed by atoms with Crippen LogP contribution >= 0.6 is 0 Å². The van der Waals surface area contributed by atoms with Gasteiger partial charge in [0.25, 0.3) is 0 Å². The van der Waals surface area contributed by atoms with Crippen LogP contribution in [0.2, 0.25) is 0 Å².